The van der Waals surface area contributed by atoms with Crippen LogP contribution in [-0.4, -0.2) is 53.8 Å². The fourth-order valence-corrected chi connectivity index (χ4v) is 2.83. The Kier molecular flexibility index (Phi) is 3.85. The van der Waals surface area contributed by atoms with Crippen LogP contribution in [0.25, 0.3) is 10.8 Å². The van der Waals surface area contributed by atoms with Crippen LogP contribution in [-0.2, 0) is 4.79 Å². The van der Waals surface area contributed by atoms with Crippen molar-refractivity contribution in [3.63, 3.8) is 0 Å². The van der Waals surface area contributed by atoms with Gasteiger partial charge in [-0.2, -0.15) is 0 Å². The van der Waals surface area contributed by atoms with Crippen molar-refractivity contribution in [3.8, 4) is 11.6 Å². The summed E-state index contributed by atoms with van der Waals surface area (Å²) in [5, 5.41) is 11.0. The molecule has 1 aromatic carbocycles. The number of pyridine rings is 1. The molecule has 0 saturated carbocycles. The summed E-state index contributed by atoms with van der Waals surface area (Å²) >= 11 is 0. The van der Waals surface area contributed by atoms with E-state index in [0.29, 0.717) is 18.8 Å². The lowest BCUT2D eigenvalue weighted by molar-refractivity contribution is -0.141. The van der Waals surface area contributed by atoms with Gasteiger partial charge < -0.3 is 14.6 Å². The lowest BCUT2D eigenvalue weighted by atomic mass is 10.1. The average Bonchev–Trinajstić information content (AvgIpc) is 2.88. The number of carbonyl (C=O) groups is 1. The molecule has 0 bridgehead atoms. The van der Waals surface area contributed by atoms with Crippen LogP contribution in [0, 0.1) is 0 Å². The molecule has 22 heavy (non-hydrogen) atoms. The summed E-state index contributed by atoms with van der Waals surface area (Å²) in [7, 11) is 3.42. The van der Waals surface area contributed by atoms with Crippen molar-refractivity contribution in [3.05, 3.63) is 30.5 Å². The number of likely N-dealkylation sites (N-methyl/N-ethyl adjacent to an activating group) is 1. The van der Waals surface area contributed by atoms with Crippen molar-refractivity contribution in [1.82, 2.24) is 9.88 Å². The van der Waals surface area contributed by atoms with Gasteiger partial charge in [-0.3, -0.25) is 9.69 Å². The Balaban J connectivity index is 1.84. The van der Waals surface area contributed by atoms with E-state index in [0.717, 1.165) is 16.5 Å². The topological polar surface area (TPSA) is 71.9 Å². The quantitative estimate of drug-likeness (QED) is 0.928. The maximum absolute atomic E-state index is 11.2. The normalized spacial score (nSPS) is 21.9. The Morgan fingerprint density at radius 2 is 2.23 bits per heavy atom. The molecule has 3 rings (SSSR count). The number of rotatable bonds is 4. The maximum atomic E-state index is 11.2. The number of nitrogens with zero attached hydrogens (tertiary/aromatic N) is 2. The van der Waals surface area contributed by atoms with Crippen LogP contribution >= 0.6 is 0 Å². The second-order valence-electron chi connectivity index (χ2n) is 5.47. The first-order chi connectivity index (χ1) is 10.6. The Morgan fingerprint density at radius 1 is 1.41 bits per heavy atom. The Bertz CT molecular complexity index is 704. The standard InChI is InChI=1S/C16H18N2O4/c1-18-9-12(8-14(18)16(19)20)22-15-13-4-3-11(21-2)7-10(13)5-6-17-15/h3-7,12,14H,8-9H2,1-2H3,(H,19,20)/t12-,14?/m1/s1. The van der Waals surface area contributed by atoms with Gasteiger partial charge in [-0.25, -0.2) is 4.98 Å². The number of hydrogen-bond donors (Lipinski definition) is 1. The molecule has 0 radical (unpaired) electrons. The van der Waals surface area contributed by atoms with E-state index in [9.17, 15) is 9.90 Å². The van der Waals surface area contributed by atoms with Crippen molar-refractivity contribution in [2.45, 2.75) is 18.6 Å². The molecule has 0 aliphatic carbocycles. The number of fused-ring (bicyclic) bond motifs is 1. The highest BCUT2D eigenvalue weighted by Crippen LogP contribution is 2.29. The second kappa shape index (κ2) is 5.81. The summed E-state index contributed by atoms with van der Waals surface area (Å²) in [6.07, 6.45) is 1.97. The molecule has 1 aromatic heterocycles. The summed E-state index contributed by atoms with van der Waals surface area (Å²) in [5.41, 5.74) is 0. The van der Waals surface area contributed by atoms with Gasteiger partial charge >= 0.3 is 5.97 Å². The first-order valence-corrected chi connectivity index (χ1v) is 7.11. The summed E-state index contributed by atoms with van der Waals surface area (Å²) < 4.78 is 11.2. The van der Waals surface area contributed by atoms with Crippen LogP contribution in [0.1, 0.15) is 6.42 Å². The average molecular weight is 302 g/mol. The van der Waals surface area contributed by atoms with Crippen LogP contribution in [0.5, 0.6) is 11.6 Å². The SMILES string of the molecule is COc1ccc2c(O[C@@H]3CC(C(=O)O)N(C)C3)nccc2c1. The third kappa shape index (κ3) is 2.69. The molecule has 2 aromatic rings. The van der Waals surface area contributed by atoms with Gasteiger partial charge in [0.15, 0.2) is 0 Å². The van der Waals surface area contributed by atoms with Gasteiger partial charge in [0.25, 0.3) is 0 Å². The van der Waals surface area contributed by atoms with E-state index in [1.165, 1.54) is 0 Å². The van der Waals surface area contributed by atoms with E-state index < -0.39 is 12.0 Å². The third-order valence-corrected chi connectivity index (χ3v) is 4.01. The Morgan fingerprint density at radius 3 is 2.91 bits per heavy atom. The number of methoxy groups -OCH3 is 1. The van der Waals surface area contributed by atoms with Gasteiger partial charge in [0, 0.05) is 24.5 Å². The fourth-order valence-electron chi connectivity index (χ4n) is 2.83. The van der Waals surface area contributed by atoms with Crippen molar-refractivity contribution < 1.29 is 19.4 Å². The van der Waals surface area contributed by atoms with Crippen molar-refractivity contribution in [2.24, 2.45) is 0 Å². The molecule has 2 atom stereocenters. The minimum atomic E-state index is -0.816. The third-order valence-electron chi connectivity index (χ3n) is 4.01. The molecule has 0 spiro atoms. The monoisotopic (exact) mass is 302 g/mol. The van der Waals surface area contributed by atoms with Gasteiger partial charge in [0.05, 0.1) is 7.11 Å². The van der Waals surface area contributed by atoms with Crippen molar-refractivity contribution in [2.75, 3.05) is 20.7 Å². The lowest BCUT2D eigenvalue weighted by Gasteiger charge is -2.14. The fraction of sp³-hybridized carbons (Fsp3) is 0.375. The van der Waals surface area contributed by atoms with Gasteiger partial charge in [-0.15, -0.1) is 0 Å². The van der Waals surface area contributed by atoms with Crippen LogP contribution in [0.4, 0.5) is 0 Å². The Hall–Kier alpha value is -2.34. The van der Waals surface area contributed by atoms with Crippen LogP contribution in [0.3, 0.4) is 0 Å². The summed E-state index contributed by atoms with van der Waals surface area (Å²) in [6.45, 7) is 0.575. The smallest absolute Gasteiger partial charge is 0.321 e. The number of ether oxygens (including phenoxy) is 2. The molecule has 1 saturated heterocycles. The van der Waals surface area contributed by atoms with E-state index >= 15 is 0 Å². The summed E-state index contributed by atoms with van der Waals surface area (Å²) in [4.78, 5) is 17.3. The Labute approximate surface area is 128 Å². The largest absolute Gasteiger partial charge is 0.497 e. The molecule has 1 aliphatic rings. The molecule has 6 nitrogen and oxygen atoms in total. The molecule has 6 heteroatoms. The molecular formula is C16H18N2O4. The lowest BCUT2D eigenvalue weighted by Crippen LogP contribution is -2.32. The van der Waals surface area contributed by atoms with Crippen molar-refractivity contribution >= 4 is 16.7 Å². The molecule has 1 unspecified atom stereocenters. The van der Waals surface area contributed by atoms with Crippen LogP contribution in [0.2, 0.25) is 0 Å². The predicted molar refractivity (Wildman–Crippen MR) is 81.4 cm³/mol. The molecule has 1 aliphatic heterocycles. The highest BCUT2D eigenvalue weighted by atomic mass is 16.5. The van der Waals surface area contributed by atoms with E-state index in [2.05, 4.69) is 4.98 Å². The summed E-state index contributed by atoms with van der Waals surface area (Å²) in [6, 6.07) is 7.08. The number of benzene rings is 1. The number of aliphatic carboxylic acids is 1. The molecule has 0 amide bonds. The molecule has 116 valence electrons. The van der Waals surface area contributed by atoms with Gasteiger partial charge in [-0.1, -0.05) is 0 Å². The number of likely N-dealkylation sites (tertiary alicyclic amines) is 1. The number of carboxylic acids is 1. The van der Waals surface area contributed by atoms with E-state index in [1.807, 2.05) is 24.3 Å². The van der Waals surface area contributed by atoms with Gasteiger partial charge in [-0.05, 0) is 36.7 Å². The van der Waals surface area contributed by atoms with Gasteiger partial charge in [0.2, 0.25) is 5.88 Å². The van der Waals surface area contributed by atoms with E-state index in [-0.39, 0.29) is 6.10 Å². The molecule has 1 fully saturated rings. The molecular weight excluding hydrogens is 284 g/mol. The van der Waals surface area contributed by atoms with Crippen molar-refractivity contribution in [1.29, 1.82) is 0 Å². The molecule has 1 N–H and O–H groups in total. The zero-order valence-electron chi connectivity index (χ0n) is 12.5. The first kappa shape index (κ1) is 14.6. The first-order valence-electron chi connectivity index (χ1n) is 7.11. The number of aromatic nitrogens is 1. The minimum absolute atomic E-state index is 0.175. The highest BCUT2D eigenvalue weighted by Gasteiger charge is 2.36. The maximum Gasteiger partial charge on any atom is 0.321 e. The van der Waals surface area contributed by atoms with Crippen LogP contribution < -0.4 is 9.47 Å². The van der Waals surface area contributed by atoms with E-state index in [1.54, 1.807) is 25.3 Å². The van der Waals surface area contributed by atoms with Gasteiger partial charge in [0.1, 0.15) is 17.9 Å². The summed E-state index contributed by atoms with van der Waals surface area (Å²) in [5.74, 6) is 0.491. The second-order valence-corrected chi connectivity index (χ2v) is 5.47. The zero-order valence-corrected chi connectivity index (χ0v) is 12.5. The highest BCUT2D eigenvalue weighted by molar-refractivity contribution is 5.87. The number of carboxylic acid groups (broad SMARTS) is 1. The number of hydrogen-bond acceptors (Lipinski definition) is 5. The predicted octanol–water partition coefficient (Wildman–Crippen LogP) is 1.78. The van der Waals surface area contributed by atoms with E-state index in [4.69, 9.17) is 9.47 Å². The minimum Gasteiger partial charge on any atom is -0.497 e. The molecule has 2 heterocycles. The zero-order chi connectivity index (χ0) is 15.7. The van der Waals surface area contributed by atoms with Crippen LogP contribution in [0.15, 0.2) is 30.5 Å².